The number of halogens is 1. The topological polar surface area (TPSA) is 95.3 Å². The lowest BCUT2D eigenvalue weighted by atomic mass is 10.1. The maximum absolute atomic E-state index is 13.1. The van der Waals surface area contributed by atoms with Gasteiger partial charge in [0.2, 0.25) is 0 Å². The van der Waals surface area contributed by atoms with E-state index < -0.39 is 0 Å². The summed E-state index contributed by atoms with van der Waals surface area (Å²) in [5.41, 5.74) is 3.15. The Morgan fingerprint density at radius 2 is 1.93 bits per heavy atom. The van der Waals surface area contributed by atoms with Crippen LogP contribution in [0.2, 0.25) is 5.02 Å². The molecule has 3 heterocycles. The smallest absolute Gasteiger partial charge is 0.273 e. The highest BCUT2D eigenvalue weighted by molar-refractivity contribution is 7.98. The van der Waals surface area contributed by atoms with Gasteiger partial charge in [-0.15, -0.1) is 21.5 Å². The second-order valence-corrected chi connectivity index (χ2v) is 11.3. The summed E-state index contributed by atoms with van der Waals surface area (Å²) in [6, 6.07) is 17.1. The molecule has 0 fully saturated rings. The molecule has 5 rings (SSSR count). The van der Waals surface area contributed by atoms with Gasteiger partial charge in [-0.1, -0.05) is 35.5 Å². The summed E-state index contributed by atoms with van der Waals surface area (Å²) in [7, 11) is 5.00. The molecule has 0 saturated heterocycles. The van der Waals surface area contributed by atoms with Crippen LogP contribution in [0, 0.1) is 0 Å². The van der Waals surface area contributed by atoms with Crippen LogP contribution in [-0.4, -0.2) is 63.4 Å². The summed E-state index contributed by atoms with van der Waals surface area (Å²) in [4.78, 5) is 23.6. The molecular formula is C29H27ClN6O3S2. The van der Waals surface area contributed by atoms with Gasteiger partial charge >= 0.3 is 0 Å². The Kier molecular flexibility index (Phi) is 9.17. The van der Waals surface area contributed by atoms with Crippen LogP contribution < -0.4 is 9.47 Å². The lowest BCUT2D eigenvalue weighted by molar-refractivity contribution is 0.0791. The van der Waals surface area contributed by atoms with Crippen LogP contribution in [0.3, 0.4) is 0 Å². The standard InChI is InChI=1S/C29H27ClN6O3S2/c1-35(13-11-19-9-10-24(38-2)25(14-19)39-3)28(37)23-17-40-26(32-23)18-41-29-34-33-27(20-6-5-12-31-16-20)36(29)22-8-4-7-21(30)15-22/h4-10,12,14-17H,11,13,18H2,1-3H3. The second kappa shape index (κ2) is 13.2. The number of aromatic nitrogens is 5. The molecule has 0 bridgehead atoms. The maximum Gasteiger partial charge on any atom is 0.273 e. The average Bonchev–Trinajstić information content (AvgIpc) is 3.66. The number of thiazole rings is 1. The molecule has 0 spiro atoms. The largest absolute Gasteiger partial charge is 0.493 e. The fourth-order valence-electron chi connectivity index (χ4n) is 4.13. The molecular weight excluding hydrogens is 580 g/mol. The number of ether oxygens (including phenoxy) is 2. The lowest BCUT2D eigenvalue weighted by Gasteiger charge is -2.16. The maximum atomic E-state index is 13.1. The van der Waals surface area contributed by atoms with Crippen molar-refractivity contribution in [2.45, 2.75) is 17.3 Å². The Hall–Kier alpha value is -3.93. The highest BCUT2D eigenvalue weighted by atomic mass is 35.5. The van der Waals surface area contributed by atoms with Crippen molar-refractivity contribution in [2.24, 2.45) is 0 Å². The molecule has 0 saturated carbocycles. The average molecular weight is 607 g/mol. The first-order valence-corrected chi connectivity index (χ1v) is 14.9. The van der Waals surface area contributed by atoms with E-state index in [2.05, 4.69) is 20.2 Å². The van der Waals surface area contributed by atoms with Gasteiger partial charge in [0.1, 0.15) is 10.7 Å². The van der Waals surface area contributed by atoms with Gasteiger partial charge in [-0.2, -0.15) is 0 Å². The predicted molar refractivity (Wildman–Crippen MR) is 161 cm³/mol. The van der Waals surface area contributed by atoms with E-state index in [9.17, 15) is 4.79 Å². The van der Waals surface area contributed by atoms with E-state index in [0.717, 1.165) is 21.8 Å². The van der Waals surface area contributed by atoms with Crippen LogP contribution in [0.4, 0.5) is 0 Å². The van der Waals surface area contributed by atoms with E-state index in [4.69, 9.17) is 21.1 Å². The van der Waals surface area contributed by atoms with E-state index in [-0.39, 0.29) is 5.91 Å². The fraction of sp³-hybridized carbons (Fsp3) is 0.207. The monoisotopic (exact) mass is 606 g/mol. The van der Waals surface area contributed by atoms with Crippen LogP contribution in [0.15, 0.2) is 77.5 Å². The number of rotatable bonds is 11. The Morgan fingerprint density at radius 1 is 1.07 bits per heavy atom. The van der Waals surface area contributed by atoms with Crippen LogP contribution in [0.25, 0.3) is 17.1 Å². The third-order valence-corrected chi connectivity index (χ3v) is 8.45. The molecule has 0 aliphatic rings. The van der Waals surface area contributed by atoms with Crippen molar-refractivity contribution in [2.75, 3.05) is 27.8 Å². The van der Waals surface area contributed by atoms with Gasteiger partial charge in [0, 0.05) is 42.0 Å². The fourth-order valence-corrected chi connectivity index (χ4v) is 6.05. The van der Waals surface area contributed by atoms with Gasteiger partial charge in [-0.05, 0) is 54.4 Å². The number of likely N-dealkylation sites (N-methyl/N-ethyl adjacent to an activating group) is 1. The van der Waals surface area contributed by atoms with Crippen molar-refractivity contribution in [3.05, 3.63) is 93.7 Å². The molecule has 9 nitrogen and oxygen atoms in total. The summed E-state index contributed by atoms with van der Waals surface area (Å²) in [5.74, 6) is 2.40. The first kappa shape index (κ1) is 28.6. The summed E-state index contributed by atoms with van der Waals surface area (Å²) < 4.78 is 12.6. The molecule has 1 amide bonds. The van der Waals surface area contributed by atoms with Crippen LogP contribution in [0.5, 0.6) is 11.5 Å². The Bertz CT molecular complexity index is 1640. The first-order chi connectivity index (χ1) is 20.0. The lowest BCUT2D eigenvalue weighted by Crippen LogP contribution is -2.29. The van der Waals surface area contributed by atoms with Gasteiger partial charge in [0.15, 0.2) is 22.5 Å². The Labute approximate surface area is 251 Å². The number of hydrogen-bond acceptors (Lipinski definition) is 9. The van der Waals surface area contributed by atoms with Crippen molar-refractivity contribution in [1.29, 1.82) is 0 Å². The highest BCUT2D eigenvalue weighted by Gasteiger charge is 2.19. The highest BCUT2D eigenvalue weighted by Crippen LogP contribution is 2.31. The van der Waals surface area contributed by atoms with E-state index in [1.807, 2.05) is 59.2 Å². The van der Waals surface area contributed by atoms with Crippen molar-refractivity contribution in [3.8, 4) is 28.6 Å². The summed E-state index contributed by atoms with van der Waals surface area (Å²) in [6.07, 6.45) is 4.14. The number of hydrogen-bond donors (Lipinski definition) is 0. The van der Waals surface area contributed by atoms with Crippen LogP contribution in [-0.2, 0) is 12.2 Å². The quantitative estimate of drug-likeness (QED) is 0.167. The molecule has 0 radical (unpaired) electrons. The third-order valence-electron chi connectivity index (χ3n) is 6.25. The molecule has 0 atom stereocenters. The Balaban J connectivity index is 1.26. The summed E-state index contributed by atoms with van der Waals surface area (Å²) >= 11 is 9.24. The van der Waals surface area contributed by atoms with Crippen molar-refractivity contribution >= 4 is 40.6 Å². The molecule has 0 aliphatic carbocycles. The first-order valence-electron chi connectivity index (χ1n) is 12.6. The van der Waals surface area contributed by atoms with E-state index in [0.29, 0.717) is 51.9 Å². The van der Waals surface area contributed by atoms with Gasteiger partial charge in [0.25, 0.3) is 5.91 Å². The zero-order valence-corrected chi connectivity index (χ0v) is 25.0. The van der Waals surface area contributed by atoms with E-state index in [1.165, 1.54) is 23.1 Å². The third kappa shape index (κ3) is 6.70. The number of nitrogens with zero attached hydrogens (tertiary/aromatic N) is 6. The van der Waals surface area contributed by atoms with Crippen molar-refractivity contribution < 1.29 is 14.3 Å². The van der Waals surface area contributed by atoms with E-state index in [1.54, 1.807) is 43.9 Å². The summed E-state index contributed by atoms with van der Waals surface area (Å²) in [6.45, 7) is 0.537. The molecule has 210 valence electrons. The number of amides is 1. The molecule has 0 aliphatic heterocycles. The number of pyridine rings is 1. The molecule has 41 heavy (non-hydrogen) atoms. The van der Waals surface area contributed by atoms with Gasteiger partial charge in [0.05, 0.1) is 25.7 Å². The van der Waals surface area contributed by atoms with Crippen molar-refractivity contribution in [3.63, 3.8) is 0 Å². The normalized spacial score (nSPS) is 10.9. The molecule has 5 aromatic rings. The number of thioether (sulfide) groups is 1. The van der Waals surface area contributed by atoms with Crippen LogP contribution >= 0.6 is 34.7 Å². The Morgan fingerprint density at radius 3 is 2.68 bits per heavy atom. The number of carbonyl (C=O) groups excluding carboxylic acids is 1. The molecule has 12 heteroatoms. The molecule has 0 N–H and O–H groups in total. The van der Waals surface area contributed by atoms with Gasteiger partial charge in [-0.3, -0.25) is 14.3 Å². The SMILES string of the molecule is COc1ccc(CCN(C)C(=O)c2csc(CSc3nnc(-c4cccnc4)n3-c3cccc(Cl)c3)n2)cc1OC. The van der Waals surface area contributed by atoms with Crippen LogP contribution in [0.1, 0.15) is 21.1 Å². The van der Waals surface area contributed by atoms with Gasteiger partial charge in [-0.25, -0.2) is 4.98 Å². The zero-order chi connectivity index (χ0) is 28.8. The second-order valence-electron chi connectivity index (χ2n) is 8.94. The molecule has 0 unspecified atom stereocenters. The minimum Gasteiger partial charge on any atom is -0.493 e. The van der Waals surface area contributed by atoms with E-state index >= 15 is 0 Å². The molecule has 2 aromatic carbocycles. The minimum absolute atomic E-state index is 0.126. The van der Waals surface area contributed by atoms with Gasteiger partial charge < -0.3 is 14.4 Å². The van der Waals surface area contributed by atoms with Crippen molar-refractivity contribution in [1.82, 2.24) is 29.6 Å². The summed E-state index contributed by atoms with van der Waals surface area (Å²) in [5, 5.41) is 12.8. The molecule has 3 aromatic heterocycles. The predicted octanol–water partition coefficient (Wildman–Crippen LogP) is 6.06. The number of methoxy groups -OCH3 is 2. The number of carbonyl (C=O) groups is 1. The zero-order valence-electron chi connectivity index (χ0n) is 22.7. The minimum atomic E-state index is -0.126. The number of benzene rings is 2.